The fourth-order valence-electron chi connectivity index (χ4n) is 7.46. The minimum Gasteiger partial charge on any atom is -0.490 e. The van der Waals surface area contributed by atoms with Crippen molar-refractivity contribution in [1.82, 2.24) is 24.8 Å². The van der Waals surface area contributed by atoms with Crippen LogP contribution in [0.5, 0.6) is 11.8 Å². The van der Waals surface area contributed by atoms with Gasteiger partial charge < -0.3 is 25.8 Å². The van der Waals surface area contributed by atoms with Crippen LogP contribution in [0.25, 0.3) is 32.1 Å². The molecule has 0 bridgehead atoms. The average Bonchev–Trinajstić information content (AvgIpc) is 3.76. The van der Waals surface area contributed by atoms with Gasteiger partial charge in [0.1, 0.15) is 63.8 Å². The van der Waals surface area contributed by atoms with Gasteiger partial charge in [-0.05, 0) is 51.3 Å². The Labute approximate surface area is 303 Å². The Morgan fingerprint density at radius 2 is 1.91 bits per heavy atom. The number of alkyl halides is 4. The van der Waals surface area contributed by atoms with Gasteiger partial charge in [-0.15, -0.1) is 11.3 Å². The Bertz CT molecular complexity index is 2280. The van der Waals surface area contributed by atoms with E-state index in [0.29, 0.717) is 35.3 Å². The van der Waals surface area contributed by atoms with Gasteiger partial charge in [0.25, 0.3) is 0 Å². The largest absolute Gasteiger partial charge is 0.490 e. The van der Waals surface area contributed by atoms with Crippen molar-refractivity contribution in [1.29, 1.82) is 5.26 Å². The first-order valence-corrected chi connectivity index (χ1v) is 17.5. The lowest BCUT2D eigenvalue weighted by atomic mass is 9.91. The average molecular weight is 758 g/mol. The zero-order valence-electron chi connectivity index (χ0n) is 28.7. The first kappa shape index (κ1) is 36.2. The zero-order chi connectivity index (χ0) is 37.9. The van der Waals surface area contributed by atoms with E-state index in [4.69, 9.17) is 20.9 Å². The van der Waals surface area contributed by atoms with E-state index in [-0.39, 0.29) is 56.8 Å². The van der Waals surface area contributed by atoms with E-state index in [2.05, 4.69) is 24.8 Å². The lowest BCUT2D eigenvalue weighted by molar-refractivity contribution is -0.138. The summed E-state index contributed by atoms with van der Waals surface area (Å²) in [5.74, 6) is -3.01. The molecule has 278 valence electrons. The molecule has 5 aromatic rings. The van der Waals surface area contributed by atoms with Crippen LogP contribution < -0.4 is 25.8 Å². The Morgan fingerprint density at radius 1 is 1.13 bits per heavy atom. The van der Waals surface area contributed by atoms with Crippen molar-refractivity contribution in [3.63, 3.8) is 0 Å². The van der Waals surface area contributed by atoms with Crippen LogP contribution in [0, 0.1) is 29.9 Å². The van der Waals surface area contributed by atoms with E-state index in [1.54, 1.807) is 24.8 Å². The number of anilines is 3. The molecule has 0 saturated carbocycles. The molecule has 2 fully saturated rings. The second-order valence-corrected chi connectivity index (χ2v) is 14.1. The third-order valence-electron chi connectivity index (χ3n) is 9.79. The minimum atomic E-state index is -5.20. The molecule has 3 aromatic heterocycles. The maximum absolute atomic E-state index is 16.8. The Balaban J connectivity index is 0.000000418. The van der Waals surface area contributed by atoms with Crippen LogP contribution >= 0.6 is 11.3 Å². The first-order valence-electron chi connectivity index (χ1n) is 16.7. The molecule has 53 heavy (non-hydrogen) atoms. The summed E-state index contributed by atoms with van der Waals surface area (Å²) < 4.78 is 100. The third-order valence-corrected chi connectivity index (χ3v) is 10.8. The number of aromatic nitrogens is 4. The van der Waals surface area contributed by atoms with E-state index in [1.165, 1.54) is 26.1 Å². The number of nitrogen functional groups attached to an aromatic ring is 2. The van der Waals surface area contributed by atoms with Gasteiger partial charge in [0, 0.05) is 23.5 Å². The molecule has 3 aliphatic heterocycles. The van der Waals surface area contributed by atoms with Crippen molar-refractivity contribution in [2.24, 2.45) is 0 Å². The van der Waals surface area contributed by atoms with E-state index < -0.39 is 58.0 Å². The molecule has 3 atom stereocenters. The Kier molecular flexibility index (Phi) is 9.35. The Hall–Kier alpha value is -5.15. The lowest BCUT2D eigenvalue weighted by Gasteiger charge is -2.29. The molecule has 3 aliphatic rings. The number of ether oxygens (including phenoxy) is 2. The van der Waals surface area contributed by atoms with Crippen LogP contribution in [-0.4, -0.2) is 70.4 Å². The molecule has 2 saturated heterocycles. The second-order valence-electron chi connectivity index (χ2n) is 13.0. The van der Waals surface area contributed by atoms with Crippen molar-refractivity contribution >= 4 is 49.0 Å². The third kappa shape index (κ3) is 6.24. The molecule has 0 aliphatic carbocycles. The molecular weight excluding hydrogens is 725 g/mol. The molecule has 6 heterocycles. The van der Waals surface area contributed by atoms with Crippen LogP contribution in [0.4, 0.5) is 43.0 Å². The highest BCUT2D eigenvalue weighted by atomic mass is 32.1. The number of benzene rings is 2. The van der Waals surface area contributed by atoms with Crippen LogP contribution in [0.15, 0.2) is 18.3 Å². The summed E-state index contributed by atoms with van der Waals surface area (Å²) in [5.41, 5.74) is 9.17. The second kappa shape index (κ2) is 13.7. The van der Waals surface area contributed by atoms with E-state index >= 15 is 17.6 Å². The smallest absolute Gasteiger partial charge is 0.420 e. The molecule has 18 heteroatoms. The van der Waals surface area contributed by atoms with E-state index in [9.17, 15) is 14.0 Å². The number of nitrogens with two attached hydrogens (primary N) is 2. The van der Waals surface area contributed by atoms with Gasteiger partial charge in [0.15, 0.2) is 5.82 Å². The van der Waals surface area contributed by atoms with Crippen molar-refractivity contribution in [2.45, 2.75) is 57.5 Å². The number of rotatable bonds is 4. The van der Waals surface area contributed by atoms with Crippen molar-refractivity contribution in [3.8, 4) is 29.0 Å². The molecule has 11 nitrogen and oxygen atoms in total. The molecule has 0 spiro atoms. The normalized spacial score (nSPS) is 19.0. The quantitative estimate of drug-likeness (QED) is 0.181. The molecule has 0 radical (unpaired) electrons. The number of fused-ring (bicyclic) bond motifs is 2. The molecular formula is C35H33F6N9O2S. The number of hydrogen-bond donors (Lipinski definition) is 2. The van der Waals surface area contributed by atoms with Crippen LogP contribution in [0.3, 0.4) is 0 Å². The maximum Gasteiger partial charge on any atom is 0.420 e. The van der Waals surface area contributed by atoms with Crippen LogP contribution in [0.2, 0.25) is 0 Å². The number of nitriles is 1. The van der Waals surface area contributed by atoms with E-state index in [1.807, 2.05) is 0 Å². The monoisotopic (exact) mass is 757 g/mol. The highest BCUT2D eigenvalue weighted by molar-refractivity contribution is 7.23. The highest BCUT2D eigenvalue weighted by Gasteiger charge is 2.44. The first-order chi connectivity index (χ1) is 25.2. The number of halogens is 6. The fraction of sp³-hybridized carbons (Fsp3) is 0.400. The predicted octanol–water partition coefficient (Wildman–Crippen LogP) is 7.10. The van der Waals surface area contributed by atoms with Crippen molar-refractivity contribution < 1.29 is 35.8 Å². The highest BCUT2D eigenvalue weighted by Crippen LogP contribution is 2.53. The maximum atomic E-state index is 16.8. The minimum absolute atomic E-state index is 0.0190. The fourth-order valence-corrected chi connectivity index (χ4v) is 8.40. The summed E-state index contributed by atoms with van der Waals surface area (Å²) in [6, 6.07) is 3.22. The summed E-state index contributed by atoms with van der Waals surface area (Å²) in [7, 11) is 1.22. The summed E-state index contributed by atoms with van der Waals surface area (Å²) in [6.07, 6.45) is -0.914. The summed E-state index contributed by atoms with van der Waals surface area (Å²) in [5, 5.41) is 8.99. The zero-order valence-corrected chi connectivity index (χ0v) is 29.5. The van der Waals surface area contributed by atoms with Crippen LogP contribution in [-0.2, 0) is 6.18 Å². The van der Waals surface area contributed by atoms with Gasteiger partial charge in [0.05, 0.1) is 47.2 Å². The number of nitrogens with zero attached hydrogens (tertiary/aromatic N) is 7. The SMILES string of the molecule is COc1nc2c3c(c(C(F)(F)F)c(-c4ccc(F)c5sc(N)c(C#N)c45)c(F)c3n1)OCCN2C(C)c1nc(C)cnc1N.FC1CC2CCCN2C1. The molecule has 2 aromatic carbocycles. The molecule has 8 rings (SSSR count). The summed E-state index contributed by atoms with van der Waals surface area (Å²) >= 11 is 0.670. The van der Waals surface area contributed by atoms with Gasteiger partial charge in [-0.25, -0.2) is 18.2 Å². The molecule has 4 N–H and O–H groups in total. The molecule has 0 amide bonds. The number of thiophene rings is 1. The van der Waals surface area contributed by atoms with Crippen molar-refractivity contribution in [3.05, 3.63) is 52.5 Å². The standard InChI is InChI=1S/C28H21F5N8O2S.C7H12FN/c1-10-9-37-24(35)20(38-10)11(2)41-6-7-43-22-17-21(39-27(42-3)40-26(17)41)19(30)16(18(22)28(31,32)33)12-4-5-14(29)23-15(12)13(8-34)25(36)44-23;8-6-4-7-2-1-3-9(7)5-6/h4-5,9,11H,6-7,36H2,1-3H3,(H2,35,37);6-7H,1-5H2. The van der Waals surface area contributed by atoms with Crippen LogP contribution in [0.1, 0.15) is 54.7 Å². The Morgan fingerprint density at radius 3 is 2.60 bits per heavy atom. The topological polar surface area (TPSA) is 152 Å². The summed E-state index contributed by atoms with van der Waals surface area (Å²) in [4.78, 5) is 20.9. The van der Waals surface area contributed by atoms with Gasteiger partial charge >= 0.3 is 12.2 Å². The van der Waals surface area contributed by atoms with Gasteiger partial charge in [-0.2, -0.15) is 28.4 Å². The van der Waals surface area contributed by atoms with E-state index in [0.717, 1.165) is 25.1 Å². The van der Waals surface area contributed by atoms with Gasteiger partial charge in [-0.1, -0.05) is 6.07 Å². The van der Waals surface area contributed by atoms with Crippen molar-refractivity contribution in [2.75, 3.05) is 49.7 Å². The number of methoxy groups -OCH3 is 1. The predicted molar refractivity (Wildman–Crippen MR) is 187 cm³/mol. The van der Waals surface area contributed by atoms with Gasteiger partial charge in [-0.3, -0.25) is 9.88 Å². The lowest BCUT2D eigenvalue weighted by Crippen LogP contribution is -2.32. The number of hydrogen-bond acceptors (Lipinski definition) is 12. The van der Waals surface area contributed by atoms with Gasteiger partial charge in [0.2, 0.25) is 0 Å². The summed E-state index contributed by atoms with van der Waals surface area (Å²) in [6.45, 7) is 4.94. The molecule has 3 unspecified atom stereocenters. The number of aryl methyl sites for hydroxylation is 1.